The van der Waals surface area contributed by atoms with Crippen LogP contribution in [0.1, 0.15) is 24.2 Å². The van der Waals surface area contributed by atoms with Gasteiger partial charge >= 0.3 is 0 Å². The number of hydrogen-bond acceptors (Lipinski definition) is 2. The average molecular weight is 446 g/mol. The lowest BCUT2D eigenvalue weighted by atomic mass is 10.00. The molecule has 0 radical (unpaired) electrons. The van der Waals surface area contributed by atoms with E-state index in [0.717, 1.165) is 35.8 Å². The van der Waals surface area contributed by atoms with Crippen LogP contribution in [0.3, 0.4) is 0 Å². The number of hydrogen-bond donors (Lipinski definition) is 1. The third kappa shape index (κ3) is 4.22. The van der Waals surface area contributed by atoms with E-state index in [1.165, 1.54) is 0 Å². The lowest BCUT2D eigenvalue weighted by Gasteiger charge is -2.39. The van der Waals surface area contributed by atoms with E-state index in [-0.39, 0.29) is 6.04 Å². The maximum atomic E-state index is 6.58. The molecule has 29 heavy (non-hydrogen) atoms. The van der Waals surface area contributed by atoms with Crippen LogP contribution in [0.4, 0.5) is 5.69 Å². The monoisotopic (exact) mass is 445 g/mol. The Hall–Kier alpha value is -2.21. The van der Waals surface area contributed by atoms with E-state index in [2.05, 4.69) is 33.1 Å². The molecule has 0 amide bonds. The molecule has 1 unspecified atom stereocenters. The highest BCUT2D eigenvalue weighted by Gasteiger charge is 2.32. The highest BCUT2D eigenvalue weighted by Crippen LogP contribution is 2.37. The smallest absolute Gasteiger partial charge is 0.174 e. The Morgan fingerprint density at radius 3 is 2.66 bits per heavy atom. The largest absolute Gasteiger partial charge is 0.494 e. The fourth-order valence-electron chi connectivity index (χ4n) is 3.65. The number of nitrogens with zero attached hydrogens (tertiary/aromatic N) is 2. The van der Waals surface area contributed by atoms with Crippen LogP contribution >= 0.6 is 35.4 Å². The van der Waals surface area contributed by atoms with Gasteiger partial charge in [-0.2, -0.15) is 0 Å². The molecule has 4 rings (SSSR count). The zero-order valence-corrected chi connectivity index (χ0v) is 18.3. The maximum Gasteiger partial charge on any atom is 0.174 e. The molecule has 0 spiro atoms. The summed E-state index contributed by atoms with van der Waals surface area (Å²) >= 11 is 18.5. The molecule has 4 nitrogen and oxygen atoms in total. The minimum absolute atomic E-state index is 0.0915. The van der Waals surface area contributed by atoms with Crippen LogP contribution in [0.2, 0.25) is 10.0 Å². The first kappa shape index (κ1) is 20.1. The van der Waals surface area contributed by atoms with Crippen molar-refractivity contribution in [1.29, 1.82) is 0 Å². The summed E-state index contributed by atoms with van der Waals surface area (Å²) in [5.41, 5.74) is 3.04. The first-order valence-electron chi connectivity index (χ1n) is 9.47. The summed E-state index contributed by atoms with van der Waals surface area (Å²) in [6.45, 7) is 4.24. The Morgan fingerprint density at radius 1 is 1.14 bits per heavy atom. The number of benzene rings is 2. The number of anilines is 1. The Kier molecular flexibility index (Phi) is 5.99. The number of aromatic nitrogens is 1. The van der Waals surface area contributed by atoms with Crippen molar-refractivity contribution in [2.45, 2.75) is 19.5 Å². The predicted octanol–water partition coefficient (Wildman–Crippen LogP) is 6.00. The number of halogens is 2. The molecule has 1 aliphatic rings. The topological polar surface area (TPSA) is 29.4 Å². The summed E-state index contributed by atoms with van der Waals surface area (Å²) in [5.74, 6) is 0.839. The van der Waals surface area contributed by atoms with Gasteiger partial charge in [0.1, 0.15) is 5.75 Å². The Morgan fingerprint density at radius 2 is 1.93 bits per heavy atom. The normalized spacial score (nSPS) is 15.7. The molecule has 0 saturated carbocycles. The Labute approximate surface area is 186 Å². The van der Waals surface area contributed by atoms with E-state index in [0.29, 0.717) is 21.8 Å². The van der Waals surface area contributed by atoms with Crippen LogP contribution in [-0.2, 0) is 6.54 Å². The summed E-state index contributed by atoms with van der Waals surface area (Å²) in [6, 6.07) is 17.5. The molecule has 7 heteroatoms. The molecule has 0 fully saturated rings. The van der Waals surface area contributed by atoms with Gasteiger partial charge in [-0.1, -0.05) is 29.3 Å². The molecule has 1 N–H and O–H groups in total. The lowest BCUT2D eigenvalue weighted by molar-refractivity contribution is 0.293. The van der Waals surface area contributed by atoms with Crippen molar-refractivity contribution in [2.24, 2.45) is 0 Å². The Bertz CT molecular complexity index is 1020. The van der Waals surface area contributed by atoms with Crippen LogP contribution in [0.15, 0.2) is 60.8 Å². The van der Waals surface area contributed by atoms with Crippen molar-refractivity contribution in [3.8, 4) is 5.75 Å². The van der Waals surface area contributed by atoms with Crippen molar-refractivity contribution in [2.75, 3.05) is 18.5 Å². The van der Waals surface area contributed by atoms with Gasteiger partial charge in [0.2, 0.25) is 0 Å². The van der Waals surface area contributed by atoms with E-state index < -0.39 is 0 Å². The van der Waals surface area contributed by atoms with Gasteiger partial charge in [-0.15, -0.1) is 0 Å². The zero-order valence-electron chi connectivity index (χ0n) is 15.9. The van der Waals surface area contributed by atoms with Gasteiger partial charge in [-0.05, 0) is 73.2 Å². The van der Waals surface area contributed by atoms with Crippen molar-refractivity contribution >= 4 is 46.2 Å². The van der Waals surface area contributed by atoms with E-state index in [1.54, 1.807) is 6.07 Å². The van der Waals surface area contributed by atoms with Gasteiger partial charge in [0.05, 0.1) is 12.6 Å². The summed E-state index contributed by atoms with van der Waals surface area (Å²) in [6.07, 6.45) is 2.09. The molecule has 1 aliphatic heterocycles. The third-order valence-electron chi connectivity index (χ3n) is 4.97. The maximum absolute atomic E-state index is 6.58. The average Bonchev–Trinajstić information content (AvgIpc) is 3.18. The minimum atomic E-state index is -0.0915. The van der Waals surface area contributed by atoms with Crippen LogP contribution < -0.4 is 10.1 Å². The molecule has 2 aromatic carbocycles. The lowest BCUT2D eigenvalue weighted by Crippen LogP contribution is -2.44. The summed E-state index contributed by atoms with van der Waals surface area (Å²) in [4.78, 5) is 2.18. The fourth-order valence-corrected chi connectivity index (χ4v) is 4.48. The second-order valence-electron chi connectivity index (χ2n) is 6.78. The SMILES string of the molecule is CCOc1ccc(NC(=S)N2CCn3cccc3C2c2ccc(Cl)cc2Cl)cc1. The van der Waals surface area contributed by atoms with Gasteiger partial charge in [-0.25, -0.2) is 0 Å². The molecular formula is C22H21Cl2N3OS. The van der Waals surface area contributed by atoms with Crippen LogP contribution in [0.5, 0.6) is 5.75 Å². The van der Waals surface area contributed by atoms with Crippen molar-refractivity contribution in [1.82, 2.24) is 9.47 Å². The Balaban J connectivity index is 1.63. The van der Waals surface area contributed by atoms with E-state index in [9.17, 15) is 0 Å². The molecular weight excluding hydrogens is 425 g/mol. The molecule has 0 bridgehead atoms. The molecule has 150 valence electrons. The number of thiocarbonyl (C=S) groups is 1. The minimum Gasteiger partial charge on any atom is -0.494 e. The number of nitrogens with one attached hydrogen (secondary N) is 1. The fraction of sp³-hybridized carbons (Fsp3) is 0.227. The highest BCUT2D eigenvalue weighted by molar-refractivity contribution is 7.80. The van der Waals surface area contributed by atoms with Crippen LogP contribution in [0.25, 0.3) is 0 Å². The second kappa shape index (κ2) is 8.66. The van der Waals surface area contributed by atoms with E-state index >= 15 is 0 Å². The van der Waals surface area contributed by atoms with Gasteiger partial charge < -0.3 is 19.5 Å². The summed E-state index contributed by atoms with van der Waals surface area (Å²) in [7, 11) is 0. The molecule has 2 heterocycles. The van der Waals surface area contributed by atoms with Gasteiger partial charge in [-0.3, -0.25) is 0 Å². The molecule has 1 atom stereocenters. The van der Waals surface area contributed by atoms with Crippen LogP contribution in [0, 0.1) is 0 Å². The summed E-state index contributed by atoms with van der Waals surface area (Å²) < 4.78 is 7.75. The van der Waals surface area contributed by atoms with Crippen molar-refractivity contribution in [3.63, 3.8) is 0 Å². The first-order chi connectivity index (χ1) is 14.1. The molecule has 1 aromatic heterocycles. The standard InChI is InChI=1S/C22H21Cl2N3OS/c1-2-28-17-8-6-16(7-9-17)25-22(29)27-13-12-26-11-3-4-20(26)21(27)18-10-5-15(23)14-19(18)24/h3-11,14,21H,2,12-13H2,1H3,(H,25,29). The number of ether oxygens (including phenoxy) is 1. The summed E-state index contributed by atoms with van der Waals surface area (Å²) in [5, 5.41) is 5.26. The molecule has 3 aromatic rings. The van der Waals surface area contributed by atoms with Crippen LogP contribution in [-0.4, -0.2) is 27.7 Å². The zero-order chi connectivity index (χ0) is 20.4. The molecule has 0 aliphatic carbocycles. The number of fused-ring (bicyclic) bond motifs is 1. The highest BCUT2D eigenvalue weighted by atomic mass is 35.5. The number of rotatable bonds is 4. The second-order valence-corrected chi connectivity index (χ2v) is 8.01. The van der Waals surface area contributed by atoms with E-state index in [4.69, 9.17) is 40.2 Å². The first-order valence-corrected chi connectivity index (χ1v) is 10.6. The van der Waals surface area contributed by atoms with Gasteiger partial charge in [0.15, 0.2) is 5.11 Å². The third-order valence-corrected chi connectivity index (χ3v) is 5.87. The van der Waals surface area contributed by atoms with E-state index in [1.807, 2.05) is 43.3 Å². The molecule has 0 saturated heterocycles. The van der Waals surface area contributed by atoms with Gasteiger partial charge in [0, 0.05) is 40.7 Å². The quantitative estimate of drug-likeness (QED) is 0.498. The van der Waals surface area contributed by atoms with Crippen molar-refractivity contribution in [3.05, 3.63) is 82.1 Å². The van der Waals surface area contributed by atoms with Gasteiger partial charge in [0.25, 0.3) is 0 Å². The van der Waals surface area contributed by atoms with Crippen molar-refractivity contribution < 1.29 is 4.74 Å². The predicted molar refractivity (Wildman–Crippen MR) is 123 cm³/mol.